The Morgan fingerprint density at radius 1 is 1.14 bits per heavy atom. The van der Waals surface area contributed by atoms with E-state index in [1.807, 2.05) is 0 Å². The summed E-state index contributed by atoms with van der Waals surface area (Å²) in [5, 5.41) is 20.2. The Hall–Kier alpha value is -1.38. The molecule has 2 atom stereocenters. The number of aromatic nitrogens is 1. The fraction of sp³-hybridized carbons (Fsp3) is 0.600. The van der Waals surface area contributed by atoms with Crippen molar-refractivity contribution in [3.05, 3.63) is 36.2 Å². The van der Waals surface area contributed by atoms with Crippen molar-refractivity contribution >= 4 is 30.8 Å². The number of fused-ring (bicyclic) bond motifs is 2. The van der Waals surface area contributed by atoms with E-state index in [0.29, 0.717) is 24.7 Å². The van der Waals surface area contributed by atoms with E-state index in [4.69, 9.17) is 15.2 Å². The zero-order valence-electron chi connectivity index (χ0n) is 16.5. The smallest absolute Gasteiger partial charge is 0.337 e. The third kappa shape index (κ3) is 9.31. The first-order chi connectivity index (χ1) is 13.0. The van der Waals surface area contributed by atoms with Crippen LogP contribution in [-0.4, -0.2) is 52.6 Å². The van der Waals surface area contributed by atoms with Crippen molar-refractivity contribution in [1.82, 2.24) is 4.98 Å². The molecule has 0 radical (unpaired) electrons. The maximum Gasteiger partial charge on any atom is 0.337 e. The van der Waals surface area contributed by atoms with E-state index >= 15 is 0 Å². The molecule has 1 aliphatic rings. The number of aliphatic hydroxyl groups is 1. The maximum absolute atomic E-state index is 11.7. The van der Waals surface area contributed by atoms with Gasteiger partial charge in [0.1, 0.15) is 5.75 Å². The minimum atomic E-state index is -2.16. The lowest BCUT2D eigenvalue weighted by Crippen LogP contribution is -2.57. The van der Waals surface area contributed by atoms with Crippen molar-refractivity contribution in [3.8, 4) is 5.75 Å². The van der Waals surface area contributed by atoms with Crippen LogP contribution in [0.5, 0.6) is 5.75 Å². The van der Waals surface area contributed by atoms with Gasteiger partial charge in [0.05, 0.1) is 19.3 Å². The zero-order valence-corrected chi connectivity index (χ0v) is 18.1. The van der Waals surface area contributed by atoms with Gasteiger partial charge in [0, 0.05) is 31.0 Å². The van der Waals surface area contributed by atoms with Gasteiger partial charge in [0.25, 0.3) is 0 Å². The van der Waals surface area contributed by atoms with Gasteiger partial charge in [0.2, 0.25) is 0 Å². The summed E-state index contributed by atoms with van der Waals surface area (Å²) in [4.78, 5) is 15.8. The molecule has 0 saturated heterocycles. The zero-order chi connectivity index (χ0) is 19.5. The van der Waals surface area contributed by atoms with Crippen LogP contribution in [0.25, 0.3) is 0 Å². The summed E-state index contributed by atoms with van der Waals surface area (Å²) < 4.78 is 11.2. The SMILES string of the molecule is Cl.Cl.N[C@H]1COCCCC/C=C\CCCCOc2ccnc(c2)C[C@]1(O)C(=O)O. The third-order valence-corrected chi connectivity index (χ3v) is 4.63. The molecule has 2 rings (SSSR count). The van der Waals surface area contributed by atoms with Gasteiger partial charge < -0.3 is 25.4 Å². The lowest BCUT2D eigenvalue weighted by Gasteiger charge is -2.29. The number of pyridine rings is 1. The molecule has 0 fully saturated rings. The number of allylic oxidation sites excluding steroid dienone is 2. The van der Waals surface area contributed by atoms with E-state index < -0.39 is 17.6 Å². The molecule has 0 saturated carbocycles. The van der Waals surface area contributed by atoms with Gasteiger partial charge in [-0.05, 0) is 44.6 Å². The van der Waals surface area contributed by atoms with Crippen molar-refractivity contribution in [2.75, 3.05) is 19.8 Å². The van der Waals surface area contributed by atoms with E-state index in [-0.39, 0.29) is 37.8 Å². The Bertz CT molecular complexity index is 633. The highest BCUT2D eigenvalue weighted by Crippen LogP contribution is 2.20. The van der Waals surface area contributed by atoms with Crippen molar-refractivity contribution in [2.24, 2.45) is 5.73 Å². The fourth-order valence-electron chi connectivity index (χ4n) is 2.89. The molecule has 4 N–H and O–H groups in total. The molecule has 2 bridgehead atoms. The molecule has 29 heavy (non-hydrogen) atoms. The second-order valence-corrected chi connectivity index (χ2v) is 6.88. The number of rotatable bonds is 1. The third-order valence-electron chi connectivity index (χ3n) is 4.63. The first-order valence-electron chi connectivity index (χ1n) is 9.54. The van der Waals surface area contributed by atoms with E-state index in [2.05, 4.69) is 17.1 Å². The van der Waals surface area contributed by atoms with Crippen LogP contribution in [0.15, 0.2) is 30.5 Å². The van der Waals surface area contributed by atoms with Crippen LogP contribution in [0.2, 0.25) is 0 Å². The predicted octanol–water partition coefficient (Wildman–Crippen LogP) is 2.92. The van der Waals surface area contributed by atoms with Gasteiger partial charge in [0.15, 0.2) is 5.60 Å². The van der Waals surface area contributed by atoms with E-state index in [1.165, 1.54) is 0 Å². The van der Waals surface area contributed by atoms with Crippen LogP contribution in [0, 0.1) is 0 Å². The molecule has 1 aliphatic heterocycles. The topological polar surface area (TPSA) is 115 Å². The highest BCUT2D eigenvalue weighted by atomic mass is 35.5. The van der Waals surface area contributed by atoms with Crippen molar-refractivity contribution in [1.29, 1.82) is 0 Å². The summed E-state index contributed by atoms with van der Waals surface area (Å²) in [5.41, 5.74) is 4.22. The molecule has 1 aromatic heterocycles. The van der Waals surface area contributed by atoms with Crippen LogP contribution in [0.4, 0.5) is 0 Å². The molecular weight excluding hydrogens is 419 g/mol. The van der Waals surface area contributed by atoms with E-state index in [1.54, 1.807) is 18.3 Å². The molecule has 0 unspecified atom stereocenters. The highest BCUT2D eigenvalue weighted by Gasteiger charge is 2.43. The Kier molecular flexibility index (Phi) is 13.9. The lowest BCUT2D eigenvalue weighted by atomic mass is 9.89. The molecule has 7 nitrogen and oxygen atoms in total. The summed E-state index contributed by atoms with van der Waals surface area (Å²) in [7, 11) is 0. The summed E-state index contributed by atoms with van der Waals surface area (Å²) >= 11 is 0. The number of nitrogens with zero attached hydrogens (tertiary/aromatic N) is 1. The van der Waals surface area contributed by atoms with Crippen LogP contribution < -0.4 is 10.5 Å². The molecule has 166 valence electrons. The Labute approximate surface area is 184 Å². The molecule has 1 aromatic rings. The molecule has 9 heteroatoms. The monoisotopic (exact) mass is 450 g/mol. The predicted molar refractivity (Wildman–Crippen MR) is 116 cm³/mol. The molecule has 0 aromatic carbocycles. The standard InChI is InChI=1S/C20H30N2O5.2ClH/c21-18-15-26-11-7-5-3-1-2-4-6-8-12-27-17-9-10-22-16(13-17)14-20(18,25)19(23)24;;/h1-2,9-10,13,18,25H,3-8,11-12,14-15,21H2,(H,23,24);2*1H/b2-1-;;/t18-,20+;;/m0../s1. The van der Waals surface area contributed by atoms with Crippen molar-refractivity contribution < 1.29 is 24.5 Å². The molecular formula is C20H32Cl2N2O5. The second kappa shape index (κ2) is 14.6. The number of halogens is 2. The summed E-state index contributed by atoms with van der Waals surface area (Å²) in [5.74, 6) is -0.784. The second-order valence-electron chi connectivity index (χ2n) is 6.88. The fourth-order valence-corrected chi connectivity index (χ4v) is 2.89. The number of carbonyl (C=O) groups is 1. The number of hydrogen-bond donors (Lipinski definition) is 3. The normalized spacial score (nSPS) is 25.5. The number of carboxylic acids is 1. The number of hydrogen-bond acceptors (Lipinski definition) is 6. The molecule has 0 spiro atoms. The Balaban J connectivity index is 0.00000392. The molecule has 0 aliphatic carbocycles. The molecule has 2 heterocycles. The minimum absolute atomic E-state index is 0. The van der Waals surface area contributed by atoms with Crippen LogP contribution >= 0.6 is 24.8 Å². The van der Waals surface area contributed by atoms with Crippen LogP contribution in [0.3, 0.4) is 0 Å². The number of carboxylic acid groups (broad SMARTS) is 1. The largest absolute Gasteiger partial charge is 0.493 e. The number of aliphatic carboxylic acids is 1. The average molecular weight is 451 g/mol. The van der Waals surface area contributed by atoms with Crippen molar-refractivity contribution in [3.63, 3.8) is 0 Å². The summed E-state index contributed by atoms with van der Waals surface area (Å²) in [6.07, 6.45) is 11.6. The van der Waals surface area contributed by atoms with Gasteiger partial charge >= 0.3 is 5.97 Å². The first kappa shape index (κ1) is 27.6. The quantitative estimate of drug-likeness (QED) is 0.563. The number of ether oxygens (including phenoxy) is 2. The van der Waals surface area contributed by atoms with Gasteiger partial charge in [-0.3, -0.25) is 4.98 Å². The Morgan fingerprint density at radius 2 is 1.79 bits per heavy atom. The van der Waals surface area contributed by atoms with Gasteiger partial charge in [-0.25, -0.2) is 4.79 Å². The lowest BCUT2D eigenvalue weighted by molar-refractivity contribution is -0.162. The van der Waals surface area contributed by atoms with Crippen LogP contribution in [0.1, 0.15) is 44.2 Å². The maximum atomic E-state index is 11.7. The Morgan fingerprint density at radius 3 is 2.45 bits per heavy atom. The van der Waals surface area contributed by atoms with Gasteiger partial charge in [-0.15, -0.1) is 24.8 Å². The minimum Gasteiger partial charge on any atom is -0.493 e. The van der Waals surface area contributed by atoms with Gasteiger partial charge in [-0.1, -0.05) is 12.2 Å². The van der Waals surface area contributed by atoms with E-state index in [9.17, 15) is 15.0 Å². The average Bonchev–Trinajstić information content (AvgIpc) is 2.64. The van der Waals surface area contributed by atoms with Crippen LogP contribution in [-0.2, 0) is 16.0 Å². The summed E-state index contributed by atoms with van der Waals surface area (Å²) in [6, 6.07) is 2.30. The number of nitrogens with two attached hydrogens (primary N) is 1. The highest BCUT2D eigenvalue weighted by molar-refractivity contribution is 5.85. The first-order valence-corrected chi connectivity index (χ1v) is 9.54. The summed E-state index contributed by atoms with van der Waals surface area (Å²) in [6.45, 7) is 1.03. The van der Waals surface area contributed by atoms with E-state index in [0.717, 1.165) is 38.5 Å². The van der Waals surface area contributed by atoms with Gasteiger partial charge in [-0.2, -0.15) is 0 Å². The molecule has 0 amide bonds. The van der Waals surface area contributed by atoms with Crippen molar-refractivity contribution in [2.45, 2.75) is 56.6 Å².